The standard InChI is InChI=1S/C16H20N2O3/c1-16(21)7-4-9-17(10-8-16)11-18-14(19)12-5-2-3-6-13(12)15(18)20/h2-3,5-6,21H,4,7-11H2,1H3. The number of fused-ring (bicyclic) bond motifs is 1. The number of rotatable bonds is 2. The van der Waals surface area contributed by atoms with Crippen molar-refractivity contribution in [3.63, 3.8) is 0 Å². The Kier molecular flexibility index (Phi) is 3.55. The molecule has 21 heavy (non-hydrogen) atoms. The van der Waals surface area contributed by atoms with Crippen LogP contribution in [0, 0.1) is 0 Å². The van der Waals surface area contributed by atoms with Crippen LogP contribution in [-0.2, 0) is 0 Å². The van der Waals surface area contributed by atoms with Gasteiger partial charge in [-0.3, -0.25) is 19.4 Å². The Morgan fingerprint density at radius 1 is 1.10 bits per heavy atom. The average Bonchev–Trinajstić information content (AvgIpc) is 2.60. The summed E-state index contributed by atoms with van der Waals surface area (Å²) in [5.74, 6) is -0.432. The number of likely N-dealkylation sites (tertiary alicyclic amines) is 1. The van der Waals surface area contributed by atoms with Crippen molar-refractivity contribution in [1.82, 2.24) is 9.80 Å². The first-order valence-corrected chi connectivity index (χ1v) is 7.38. The summed E-state index contributed by atoms with van der Waals surface area (Å²) in [5.41, 5.74) is 0.338. The van der Waals surface area contributed by atoms with E-state index in [4.69, 9.17) is 0 Å². The van der Waals surface area contributed by atoms with E-state index in [-0.39, 0.29) is 11.8 Å². The van der Waals surface area contributed by atoms with Gasteiger partial charge in [-0.05, 0) is 44.9 Å². The van der Waals surface area contributed by atoms with Crippen LogP contribution in [0.2, 0.25) is 0 Å². The Bertz CT molecular complexity index is 548. The Balaban J connectivity index is 1.72. The largest absolute Gasteiger partial charge is 0.390 e. The zero-order valence-electron chi connectivity index (χ0n) is 12.2. The summed E-state index contributed by atoms with van der Waals surface area (Å²) in [4.78, 5) is 28.0. The number of carbonyl (C=O) groups is 2. The van der Waals surface area contributed by atoms with Crippen LogP contribution in [-0.4, -0.2) is 52.1 Å². The lowest BCUT2D eigenvalue weighted by Crippen LogP contribution is -2.42. The molecule has 0 saturated carbocycles. The van der Waals surface area contributed by atoms with E-state index < -0.39 is 5.60 Å². The Hall–Kier alpha value is -1.72. The third-order valence-electron chi connectivity index (χ3n) is 4.38. The highest BCUT2D eigenvalue weighted by molar-refractivity contribution is 6.21. The van der Waals surface area contributed by atoms with Crippen LogP contribution in [0.1, 0.15) is 46.9 Å². The van der Waals surface area contributed by atoms with Gasteiger partial charge in [0.1, 0.15) is 0 Å². The maximum Gasteiger partial charge on any atom is 0.262 e. The average molecular weight is 288 g/mol. The molecule has 3 rings (SSSR count). The van der Waals surface area contributed by atoms with Crippen LogP contribution in [0.4, 0.5) is 0 Å². The molecule has 0 radical (unpaired) electrons. The van der Waals surface area contributed by atoms with E-state index in [0.29, 0.717) is 30.8 Å². The lowest BCUT2D eigenvalue weighted by molar-refractivity contribution is 0.0405. The number of hydrogen-bond acceptors (Lipinski definition) is 4. The minimum Gasteiger partial charge on any atom is -0.390 e. The minimum absolute atomic E-state index is 0.216. The van der Waals surface area contributed by atoms with E-state index in [9.17, 15) is 14.7 Å². The first-order valence-electron chi connectivity index (χ1n) is 7.38. The van der Waals surface area contributed by atoms with Crippen LogP contribution in [0.25, 0.3) is 0 Å². The molecule has 1 atom stereocenters. The van der Waals surface area contributed by atoms with Crippen molar-refractivity contribution in [2.75, 3.05) is 19.8 Å². The van der Waals surface area contributed by atoms with E-state index in [2.05, 4.69) is 4.90 Å². The van der Waals surface area contributed by atoms with Crippen molar-refractivity contribution >= 4 is 11.8 Å². The fourth-order valence-electron chi connectivity index (χ4n) is 3.03. The second kappa shape index (κ2) is 5.24. The molecular weight excluding hydrogens is 268 g/mol. The van der Waals surface area contributed by atoms with E-state index >= 15 is 0 Å². The lowest BCUT2D eigenvalue weighted by Gasteiger charge is -2.26. The molecule has 0 aliphatic carbocycles. The van der Waals surface area contributed by atoms with Gasteiger partial charge in [0.05, 0.1) is 23.4 Å². The molecule has 2 aliphatic heterocycles. The van der Waals surface area contributed by atoms with Crippen LogP contribution in [0.15, 0.2) is 24.3 Å². The zero-order chi connectivity index (χ0) is 15.0. The highest BCUT2D eigenvalue weighted by atomic mass is 16.3. The second-order valence-corrected chi connectivity index (χ2v) is 6.19. The number of hydrogen-bond donors (Lipinski definition) is 1. The molecule has 1 saturated heterocycles. The first-order chi connectivity index (χ1) is 9.98. The molecule has 1 fully saturated rings. The van der Waals surface area contributed by atoms with Gasteiger partial charge in [0.2, 0.25) is 0 Å². The smallest absolute Gasteiger partial charge is 0.262 e. The molecule has 1 unspecified atom stereocenters. The molecule has 5 heteroatoms. The van der Waals surface area contributed by atoms with Crippen molar-refractivity contribution in [3.8, 4) is 0 Å². The summed E-state index contributed by atoms with van der Waals surface area (Å²) in [5, 5.41) is 10.1. The van der Waals surface area contributed by atoms with Crippen LogP contribution in [0.5, 0.6) is 0 Å². The number of nitrogens with zero attached hydrogens (tertiary/aromatic N) is 2. The molecule has 1 aromatic rings. The first kappa shape index (κ1) is 14.2. The van der Waals surface area contributed by atoms with Crippen LogP contribution in [0.3, 0.4) is 0 Å². The summed E-state index contributed by atoms with van der Waals surface area (Å²) in [6.45, 7) is 3.64. The molecule has 1 N–H and O–H groups in total. The van der Waals surface area contributed by atoms with E-state index in [0.717, 1.165) is 19.4 Å². The van der Waals surface area contributed by atoms with Gasteiger partial charge < -0.3 is 5.11 Å². The third-order valence-corrected chi connectivity index (χ3v) is 4.38. The van der Waals surface area contributed by atoms with Crippen molar-refractivity contribution in [1.29, 1.82) is 0 Å². The quantitative estimate of drug-likeness (QED) is 0.837. The Labute approximate surface area is 124 Å². The van der Waals surface area contributed by atoms with Crippen molar-refractivity contribution in [2.24, 2.45) is 0 Å². The van der Waals surface area contributed by atoms with Crippen molar-refractivity contribution in [3.05, 3.63) is 35.4 Å². The van der Waals surface area contributed by atoms with E-state index in [1.54, 1.807) is 24.3 Å². The molecule has 0 bridgehead atoms. The molecule has 112 valence electrons. The van der Waals surface area contributed by atoms with Gasteiger partial charge in [0, 0.05) is 6.54 Å². The SMILES string of the molecule is CC1(O)CCCN(CN2C(=O)c3ccccc3C2=O)CC1. The highest BCUT2D eigenvalue weighted by Crippen LogP contribution is 2.25. The molecule has 2 heterocycles. The topological polar surface area (TPSA) is 60.9 Å². The molecular formula is C16H20N2O3. The molecule has 0 spiro atoms. The fraction of sp³-hybridized carbons (Fsp3) is 0.500. The summed E-state index contributed by atoms with van der Waals surface area (Å²) in [7, 11) is 0. The number of amides is 2. The summed E-state index contributed by atoms with van der Waals surface area (Å²) in [6.07, 6.45) is 2.29. The molecule has 1 aromatic carbocycles. The van der Waals surface area contributed by atoms with Gasteiger partial charge in [-0.2, -0.15) is 0 Å². The van der Waals surface area contributed by atoms with Gasteiger partial charge in [-0.1, -0.05) is 12.1 Å². The predicted molar refractivity (Wildman–Crippen MR) is 77.9 cm³/mol. The summed E-state index contributed by atoms with van der Waals surface area (Å²) >= 11 is 0. The van der Waals surface area contributed by atoms with Crippen molar-refractivity contribution < 1.29 is 14.7 Å². The van der Waals surface area contributed by atoms with Gasteiger partial charge in [-0.25, -0.2) is 0 Å². The van der Waals surface area contributed by atoms with Crippen LogP contribution >= 0.6 is 0 Å². The van der Waals surface area contributed by atoms with Gasteiger partial charge >= 0.3 is 0 Å². The minimum atomic E-state index is -0.642. The number of imide groups is 1. The Morgan fingerprint density at radius 2 is 1.71 bits per heavy atom. The third kappa shape index (κ3) is 2.71. The van der Waals surface area contributed by atoms with Gasteiger partial charge in [-0.15, -0.1) is 0 Å². The normalized spacial score (nSPS) is 26.9. The molecule has 2 amide bonds. The molecule has 0 aromatic heterocycles. The lowest BCUT2D eigenvalue weighted by atomic mass is 9.98. The van der Waals surface area contributed by atoms with Gasteiger partial charge in [0.25, 0.3) is 11.8 Å². The summed E-state index contributed by atoms with van der Waals surface area (Å²) < 4.78 is 0. The second-order valence-electron chi connectivity index (χ2n) is 6.19. The highest BCUT2D eigenvalue weighted by Gasteiger charge is 2.36. The van der Waals surface area contributed by atoms with E-state index in [1.165, 1.54) is 4.90 Å². The predicted octanol–water partition coefficient (Wildman–Crippen LogP) is 1.48. The summed E-state index contributed by atoms with van der Waals surface area (Å²) in [6, 6.07) is 6.94. The maximum absolute atomic E-state index is 12.3. The molecule has 5 nitrogen and oxygen atoms in total. The van der Waals surface area contributed by atoms with Gasteiger partial charge in [0.15, 0.2) is 0 Å². The van der Waals surface area contributed by atoms with E-state index in [1.807, 2.05) is 6.92 Å². The monoisotopic (exact) mass is 288 g/mol. The number of carbonyl (C=O) groups excluding carboxylic acids is 2. The number of aliphatic hydroxyl groups is 1. The maximum atomic E-state index is 12.3. The Morgan fingerprint density at radius 3 is 2.33 bits per heavy atom. The zero-order valence-corrected chi connectivity index (χ0v) is 12.2. The van der Waals surface area contributed by atoms with Crippen molar-refractivity contribution in [2.45, 2.75) is 31.8 Å². The van der Waals surface area contributed by atoms with Crippen LogP contribution < -0.4 is 0 Å². The fourth-order valence-corrected chi connectivity index (χ4v) is 3.03. The molecule has 2 aliphatic rings. The number of benzene rings is 1.